The molecule has 0 radical (unpaired) electrons. The molecule has 0 aliphatic rings. The first-order valence-electron chi connectivity index (χ1n) is 7.17. The summed E-state index contributed by atoms with van der Waals surface area (Å²) in [7, 11) is 0. The van der Waals surface area contributed by atoms with Crippen molar-refractivity contribution >= 4 is 27.3 Å². The molecule has 0 saturated carbocycles. The van der Waals surface area contributed by atoms with Gasteiger partial charge in [0.15, 0.2) is 0 Å². The molecule has 0 aliphatic heterocycles. The third-order valence-electron chi connectivity index (χ3n) is 3.20. The molecule has 2 N–H and O–H groups in total. The van der Waals surface area contributed by atoms with Crippen molar-refractivity contribution in [3.8, 4) is 0 Å². The number of hydrogen-bond donors (Lipinski definition) is 2. The zero-order chi connectivity index (χ0) is 15.2. The summed E-state index contributed by atoms with van der Waals surface area (Å²) in [6.07, 6.45) is 0.668. The van der Waals surface area contributed by atoms with Crippen molar-refractivity contribution in [2.24, 2.45) is 5.10 Å². The maximum Gasteiger partial charge on any atom is 0.0999 e. The summed E-state index contributed by atoms with van der Waals surface area (Å²) >= 11 is 1.69. The van der Waals surface area contributed by atoms with Gasteiger partial charge in [-0.1, -0.05) is 42.5 Å². The van der Waals surface area contributed by atoms with Gasteiger partial charge >= 0.3 is 0 Å². The molecule has 0 unspecified atom stereocenters. The Balaban J connectivity index is 1.87. The molecule has 0 atom stereocenters. The fourth-order valence-electron chi connectivity index (χ4n) is 2.18. The molecule has 5 heteroatoms. The Hall–Kier alpha value is -2.24. The predicted octanol–water partition coefficient (Wildman–Crippen LogP) is 2.83. The Morgan fingerprint density at radius 3 is 2.64 bits per heavy atom. The number of aliphatic hydroxyl groups is 1. The molecule has 3 rings (SSSR count). The highest BCUT2D eigenvalue weighted by atomic mass is 32.1. The fraction of sp³-hybridized carbons (Fsp3) is 0.176. The maximum absolute atomic E-state index is 8.89. The second-order valence-corrected chi connectivity index (χ2v) is 5.92. The van der Waals surface area contributed by atoms with E-state index in [0.29, 0.717) is 13.0 Å². The van der Waals surface area contributed by atoms with E-state index >= 15 is 0 Å². The molecule has 0 aliphatic carbocycles. The van der Waals surface area contributed by atoms with E-state index in [-0.39, 0.29) is 6.61 Å². The van der Waals surface area contributed by atoms with Gasteiger partial charge in [0, 0.05) is 6.42 Å². The SMILES string of the molecule is OCCN/N=C(\Cc1nc2ccccc2s1)c1ccccc1. The predicted molar refractivity (Wildman–Crippen MR) is 91.4 cm³/mol. The standard InChI is InChI=1S/C17H17N3OS/c21-11-10-18-20-15(13-6-2-1-3-7-13)12-17-19-14-8-4-5-9-16(14)22-17/h1-9,18,21H,10-12H2/b20-15+. The highest BCUT2D eigenvalue weighted by Crippen LogP contribution is 2.22. The van der Waals surface area contributed by atoms with Gasteiger partial charge in [-0.2, -0.15) is 5.10 Å². The smallest absolute Gasteiger partial charge is 0.0999 e. The molecule has 1 aromatic heterocycles. The van der Waals surface area contributed by atoms with E-state index in [4.69, 9.17) is 5.11 Å². The van der Waals surface area contributed by atoms with Crippen LogP contribution in [0.5, 0.6) is 0 Å². The molecule has 112 valence electrons. The molecule has 0 amide bonds. The first kappa shape index (κ1) is 14.7. The van der Waals surface area contributed by atoms with Gasteiger partial charge in [0.25, 0.3) is 0 Å². The first-order chi connectivity index (χ1) is 10.9. The van der Waals surface area contributed by atoms with Gasteiger partial charge < -0.3 is 10.5 Å². The fourth-order valence-corrected chi connectivity index (χ4v) is 3.15. The summed E-state index contributed by atoms with van der Waals surface area (Å²) < 4.78 is 1.19. The van der Waals surface area contributed by atoms with Crippen LogP contribution in [0.15, 0.2) is 59.7 Å². The number of para-hydroxylation sites is 1. The molecule has 0 spiro atoms. The average molecular weight is 311 g/mol. The molecular formula is C17H17N3OS. The van der Waals surface area contributed by atoms with Crippen molar-refractivity contribution in [3.63, 3.8) is 0 Å². The van der Waals surface area contributed by atoms with E-state index in [0.717, 1.165) is 21.8 Å². The molecule has 0 saturated heterocycles. The number of hydrogen-bond acceptors (Lipinski definition) is 5. The van der Waals surface area contributed by atoms with Gasteiger partial charge in [0.1, 0.15) is 0 Å². The molecule has 3 aromatic rings. The minimum Gasteiger partial charge on any atom is -0.394 e. The summed E-state index contributed by atoms with van der Waals surface area (Å²) in [6, 6.07) is 18.2. The van der Waals surface area contributed by atoms with Crippen LogP contribution in [0.4, 0.5) is 0 Å². The highest BCUT2D eigenvalue weighted by molar-refractivity contribution is 7.18. The van der Waals surface area contributed by atoms with Crippen LogP contribution in [0, 0.1) is 0 Å². The van der Waals surface area contributed by atoms with Crippen molar-refractivity contribution in [3.05, 3.63) is 65.2 Å². The van der Waals surface area contributed by atoms with E-state index in [2.05, 4.69) is 21.6 Å². The average Bonchev–Trinajstić information content (AvgIpc) is 2.97. The van der Waals surface area contributed by atoms with E-state index in [1.54, 1.807) is 11.3 Å². The van der Waals surface area contributed by atoms with Crippen LogP contribution in [-0.2, 0) is 6.42 Å². The van der Waals surface area contributed by atoms with Crippen molar-refractivity contribution in [2.45, 2.75) is 6.42 Å². The quantitative estimate of drug-likeness (QED) is 0.418. The monoisotopic (exact) mass is 311 g/mol. The number of nitrogens with one attached hydrogen (secondary N) is 1. The minimum absolute atomic E-state index is 0.0622. The number of rotatable bonds is 6. The first-order valence-corrected chi connectivity index (χ1v) is 7.98. The number of benzene rings is 2. The van der Waals surface area contributed by atoms with Crippen molar-refractivity contribution < 1.29 is 5.11 Å². The van der Waals surface area contributed by atoms with Crippen LogP contribution in [0.3, 0.4) is 0 Å². The zero-order valence-corrected chi connectivity index (χ0v) is 12.9. The molecular weight excluding hydrogens is 294 g/mol. The van der Waals surface area contributed by atoms with Crippen molar-refractivity contribution in [2.75, 3.05) is 13.2 Å². The van der Waals surface area contributed by atoms with E-state index in [9.17, 15) is 0 Å². The van der Waals surface area contributed by atoms with Crippen LogP contribution in [0.2, 0.25) is 0 Å². The number of fused-ring (bicyclic) bond motifs is 1. The largest absolute Gasteiger partial charge is 0.394 e. The number of nitrogens with zero attached hydrogens (tertiary/aromatic N) is 2. The lowest BCUT2D eigenvalue weighted by Gasteiger charge is -2.06. The van der Waals surface area contributed by atoms with Gasteiger partial charge in [0.05, 0.1) is 34.1 Å². The van der Waals surface area contributed by atoms with Crippen LogP contribution >= 0.6 is 11.3 Å². The topological polar surface area (TPSA) is 57.5 Å². The molecule has 0 bridgehead atoms. The molecule has 2 aromatic carbocycles. The Kier molecular flexibility index (Phi) is 4.78. The van der Waals surface area contributed by atoms with Crippen molar-refractivity contribution in [1.29, 1.82) is 0 Å². The number of aromatic nitrogens is 1. The summed E-state index contributed by atoms with van der Waals surface area (Å²) in [6.45, 7) is 0.503. The van der Waals surface area contributed by atoms with Crippen LogP contribution in [-0.4, -0.2) is 29.0 Å². The Bertz CT molecular complexity index is 735. The minimum atomic E-state index is 0.0622. The third-order valence-corrected chi connectivity index (χ3v) is 4.24. The normalized spacial score (nSPS) is 11.8. The number of aliphatic hydroxyl groups excluding tert-OH is 1. The van der Waals surface area contributed by atoms with E-state index in [1.807, 2.05) is 48.5 Å². The lowest BCUT2D eigenvalue weighted by Crippen LogP contribution is -2.16. The second-order valence-electron chi connectivity index (χ2n) is 4.81. The van der Waals surface area contributed by atoms with E-state index < -0.39 is 0 Å². The van der Waals surface area contributed by atoms with Gasteiger partial charge in [0.2, 0.25) is 0 Å². The zero-order valence-electron chi connectivity index (χ0n) is 12.1. The second kappa shape index (κ2) is 7.15. The van der Waals surface area contributed by atoms with Crippen LogP contribution < -0.4 is 5.43 Å². The maximum atomic E-state index is 8.89. The Morgan fingerprint density at radius 1 is 1.09 bits per heavy atom. The lowest BCUT2D eigenvalue weighted by atomic mass is 10.1. The molecule has 1 heterocycles. The Labute approximate surface area is 133 Å². The Morgan fingerprint density at radius 2 is 1.86 bits per heavy atom. The molecule has 22 heavy (non-hydrogen) atoms. The summed E-state index contributed by atoms with van der Waals surface area (Å²) in [5.74, 6) is 0. The van der Waals surface area contributed by atoms with Gasteiger partial charge in [-0.3, -0.25) is 0 Å². The highest BCUT2D eigenvalue weighted by Gasteiger charge is 2.09. The number of thiazole rings is 1. The van der Waals surface area contributed by atoms with Gasteiger partial charge in [-0.05, 0) is 17.7 Å². The third kappa shape index (κ3) is 3.50. The van der Waals surface area contributed by atoms with Crippen LogP contribution in [0.1, 0.15) is 10.6 Å². The molecule has 4 nitrogen and oxygen atoms in total. The summed E-state index contributed by atoms with van der Waals surface area (Å²) in [5, 5.41) is 14.4. The van der Waals surface area contributed by atoms with Crippen LogP contribution in [0.25, 0.3) is 10.2 Å². The van der Waals surface area contributed by atoms with Crippen molar-refractivity contribution in [1.82, 2.24) is 10.4 Å². The van der Waals surface area contributed by atoms with E-state index in [1.165, 1.54) is 4.70 Å². The summed E-state index contributed by atoms with van der Waals surface area (Å²) in [5.41, 5.74) is 5.91. The molecule has 0 fully saturated rings. The van der Waals surface area contributed by atoms with Gasteiger partial charge in [-0.25, -0.2) is 4.98 Å². The van der Waals surface area contributed by atoms with Gasteiger partial charge in [-0.15, -0.1) is 11.3 Å². The summed E-state index contributed by atoms with van der Waals surface area (Å²) in [4.78, 5) is 4.67. The number of hydrazone groups is 1. The lowest BCUT2D eigenvalue weighted by molar-refractivity contribution is 0.293.